The summed E-state index contributed by atoms with van der Waals surface area (Å²) in [6, 6.07) is 21.2. The number of halogens is 1. The second-order valence-electron chi connectivity index (χ2n) is 8.14. The fraction of sp³-hybridized carbons (Fsp3) is 0.148. The van der Waals surface area contributed by atoms with E-state index in [-0.39, 0.29) is 11.7 Å². The molecule has 3 aromatic carbocycles. The molecule has 2 heterocycles. The Kier molecular flexibility index (Phi) is 6.26. The van der Waals surface area contributed by atoms with E-state index in [9.17, 15) is 4.79 Å². The van der Waals surface area contributed by atoms with Gasteiger partial charge in [0.15, 0.2) is 5.82 Å². The Morgan fingerprint density at radius 2 is 1.76 bits per heavy atom. The second-order valence-corrected chi connectivity index (χ2v) is 9.54. The fourth-order valence-corrected chi connectivity index (χ4v) is 4.80. The summed E-state index contributed by atoms with van der Waals surface area (Å²) in [5.41, 5.74) is 5.70. The van der Waals surface area contributed by atoms with Crippen molar-refractivity contribution in [3.8, 4) is 23.0 Å². The van der Waals surface area contributed by atoms with E-state index < -0.39 is 0 Å². The van der Waals surface area contributed by atoms with E-state index in [1.165, 1.54) is 11.8 Å². The molecule has 1 N–H and O–H groups in total. The van der Waals surface area contributed by atoms with E-state index in [4.69, 9.17) is 26.3 Å². The summed E-state index contributed by atoms with van der Waals surface area (Å²) in [5.74, 6) is 2.04. The van der Waals surface area contributed by atoms with Crippen molar-refractivity contribution in [1.29, 1.82) is 0 Å². The van der Waals surface area contributed by atoms with Crippen molar-refractivity contribution in [2.75, 3.05) is 11.1 Å². The molecular weight excluding hydrogens is 466 g/mol. The first-order chi connectivity index (χ1) is 16.5. The molecule has 0 spiro atoms. The van der Waals surface area contributed by atoms with Crippen molar-refractivity contribution in [3.63, 3.8) is 0 Å². The highest BCUT2D eigenvalue weighted by Gasteiger charge is 2.25. The lowest BCUT2D eigenvalue weighted by Gasteiger charge is -2.23. The standard InChI is InChI=1S/C27H22ClN3O2S/c1-16-6-3-4-9-22(16)29-23(32)15-34-27-21-14-19-8-5-7-17(2)24(19)33-26(21)30-25(31-27)18-10-12-20(28)13-11-18/h3-13H,14-15H2,1-2H3,(H,29,32). The average Bonchev–Trinajstić information content (AvgIpc) is 2.84. The first-order valence-electron chi connectivity index (χ1n) is 10.9. The van der Waals surface area contributed by atoms with Gasteiger partial charge < -0.3 is 10.1 Å². The van der Waals surface area contributed by atoms with Gasteiger partial charge >= 0.3 is 0 Å². The van der Waals surface area contributed by atoms with Gasteiger partial charge in [-0.05, 0) is 60.9 Å². The number of aromatic nitrogens is 2. The Labute approximate surface area is 207 Å². The van der Waals surface area contributed by atoms with Gasteiger partial charge in [-0.2, -0.15) is 4.98 Å². The molecule has 0 saturated carbocycles. The Morgan fingerprint density at radius 3 is 2.56 bits per heavy atom. The quantitative estimate of drug-likeness (QED) is 0.217. The van der Waals surface area contributed by atoms with Gasteiger partial charge in [-0.3, -0.25) is 4.79 Å². The number of carbonyl (C=O) groups is 1. The molecule has 4 aromatic rings. The van der Waals surface area contributed by atoms with Crippen molar-refractivity contribution in [3.05, 3.63) is 94.0 Å². The minimum atomic E-state index is -0.0901. The number of carbonyl (C=O) groups excluding carboxylic acids is 1. The lowest BCUT2D eigenvalue weighted by molar-refractivity contribution is -0.113. The van der Waals surface area contributed by atoms with Crippen LogP contribution in [0.4, 0.5) is 5.69 Å². The topological polar surface area (TPSA) is 64.1 Å². The van der Waals surface area contributed by atoms with Crippen LogP contribution < -0.4 is 10.1 Å². The molecule has 0 fully saturated rings. The van der Waals surface area contributed by atoms with Gasteiger partial charge in [0.05, 0.1) is 11.3 Å². The molecule has 0 aliphatic carbocycles. The Bertz CT molecular complexity index is 1390. The number of amides is 1. The molecule has 0 atom stereocenters. The van der Waals surface area contributed by atoms with E-state index in [0.717, 1.165) is 44.3 Å². The van der Waals surface area contributed by atoms with Gasteiger partial charge in [-0.1, -0.05) is 59.8 Å². The number of para-hydroxylation sites is 2. The molecule has 170 valence electrons. The number of ether oxygens (including phenoxy) is 1. The van der Waals surface area contributed by atoms with Crippen LogP contribution in [0.5, 0.6) is 11.6 Å². The first-order valence-corrected chi connectivity index (χ1v) is 12.3. The third-order valence-electron chi connectivity index (χ3n) is 5.65. The van der Waals surface area contributed by atoms with E-state index in [1.807, 2.05) is 74.5 Å². The molecule has 7 heteroatoms. The third kappa shape index (κ3) is 4.65. The second kappa shape index (κ2) is 9.49. The van der Waals surface area contributed by atoms with Crippen molar-refractivity contribution in [2.45, 2.75) is 25.3 Å². The average molecular weight is 488 g/mol. The van der Waals surface area contributed by atoms with Gasteiger partial charge in [0.25, 0.3) is 0 Å². The monoisotopic (exact) mass is 487 g/mol. The summed E-state index contributed by atoms with van der Waals surface area (Å²) >= 11 is 7.46. The maximum atomic E-state index is 12.7. The van der Waals surface area contributed by atoms with Gasteiger partial charge in [0.2, 0.25) is 11.8 Å². The molecule has 1 aliphatic rings. The number of nitrogens with zero attached hydrogens (tertiary/aromatic N) is 2. The SMILES string of the molecule is Cc1ccccc1NC(=O)CSc1nc(-c2ccc(Cl)cc2)nc2c1Cc1cccc(C)c1O2. The molecule has 0 unspecified atom stereocenters. The number of hydrogen-bond acceptors (Lipinski definition) is 5. The number of hydrogen-bond donors (Lipinski definition) is 1. The minimum Gasteiger partial charge on any atom is -0.438 e. The maximum absolute atomic E-state index is 12.7. The number of aryl methyl sites for hydroxylation is 2. The minimum absolute atomic E-state index is 0.0901. The van der Waals surface area contributed by atoms with Gasteiger partial charge in [0.1, 0.15) is 10.8 Å². The van der Waals surface area contributed by atoms with Crippen molar-refractivity contribution in [1.82, 2.24) is 9.97 Å². The van der Waals surface area contributed by atoms with Crippen LogP contribution in [0.1, 0.15) is 22.3 Å². The summed E-state index contributed by atoms with van der Waals surface area (Å²) in [6.07, 6.45) is 0.648. The lowest BCUT2D eigenvalue weighted by atomic mass is 10.0. The van der Waals surface area contributed by atoms with E-state index in [1.54, 1.807) is 0 Å². The van der Waals surface area contributed by atoms with Gasteiger partial charge in [-0.25, -0.2) is 4.98 Å². The largest absolute Gasteiger partial charge is 0.438 e. The fourth-order valence-electron chi connectivity index (χ4n) is 3.85. The van der Waals surface area contributed by atoms with Crippen molar-refractivity contribution in [2.24, 2.45) is 0 Å². The number of nitrogens with one attached hydrogen (secondary N) is 1. The summed E-state index contributed by atoms with van der Waals surface area (Å²) in [4.78, 5) is 22.3. The summed E-state index contributed by atoms with van der Waals surface area (Å²) in [6.45, 7) is 4.00. The molecule has 1 amide bonds. The number of anilines is 1. The maximum Gasteiger partial charge on any atom is 0.234 e. The summed E-state index contributed by atoms with van der Waals surface area (Å²) < 4.78 is 6.26. The zero-order valence-corrected chi connectivity index (χ0v) is 20.3. The highest BCUT2D eigenvalue weighted by molar-refractivity contribution is 8.00. The van der Waals surface area contributed by atoms with Gasteiger partial charge in [0, 0.05) is 22.7 Å². The Balaban J connectivity index is 1.47. The Morgan fingerprint density at radius 1 is 1.00 bits per heavy atom. The van der Waals surface area contributed by atoms with Crippen LogP contribution in [0, 0.1) is 13.8 Å². The van der Waals surface area contributed by atoms with Crippen molar-refractivity contribution >= 4 is 35.0 Å². The number of thioether (sulfide) groups is 1. The highest BCUT2D eigenvalue weighted by atomic mass is 35.5. The van der Waals surface area contributed by atoms with Crippen LogP contribution in [-0.2, 0) is 11.2 Å². The summed E-state index contributed by atoms with van der Waals surface area (Å²) in [7, 11) is 0. The number of benzene rings is 3. The van der Waals surface area contributed by atoms with Crippen LogP contribution >= 0.6 is 23.4 Å². The van der Waals surface area contributed by atoms with Crippen LogP contribution in [0.25, 0.3) is 11.4 Å². The molecule has 1 aliphatic heterocycles. The predicted octanol–water partition coefficient (Wildman–Crippen LogP) is 6.84. The smallest absolute Gasteiger partial charge is 0.234 e. The van der Waals surface area contributed by atoms with E-state index in [0.29, 0.717) is 23.1 Å². The number of fused-ring (bicyclic) bond motifs is 2. The lowest BCUT2D eigenvalue weighted by Crippen LogP contribution is -2.16. The van der Waals surface area contributed by atoms with Crippen LogP contribution in [0.3, 0.4) is 0 Å². The van der Waals surface area contributed by atoms with Crippen LogP contribution in [0.2, 0.25) is 5.02 Å². The van der Waals surface area contributed by atoms with Crippen molar-refractivity contribution < 1.29 is 9.53 Å². The third-order valence-corrected chi connectivity index (χ3v) is 6.92. The number of rotatable bonds is 5. The molecule has 5 rings (SSSR count). The molecule has 0 saturated heterocycles. The first kappa shape index (κ1) is 22.4. The molecular formula is C27H22ClN3O2S. The van der Waals surface area contributed by atoms with Crippen LogP contribution in [-0.4, -0.2) is 21.6 Å². The normalized spacial score (nSPS) is 11.9. The molecule has 0 radical (unpaired) electrons. The molecule has 34 heavy (non-hydrogen) atoms. The van der Waals surface area contributed by atoms with Crippen LogP contribution in [0.15, 0.2) is 71.8 Å². The zero-order chi connectivity index (χ0) is 23.7. The highest BCUT2D eigenvalue weighted by Crippen LogP contribution is 2.41. The molecule has 1 aromatic heterocycles. The molecule has 0 bridgehead atoms. The zero-order valence-electron chi connectivity index (χ0n) is 18.8. The predicted molar refractivity (Wildman–Crippen MR) is 137 cm³/mol. The van der Waals surface area contributed by atoms with Gasteiger partial charge in [-0.15, -0.1) is 0 Å². The Hall–Kier alpha value is -3.35. The van der Waals surface area contributed by atoms with E-state index >= 15 is 0 Å². The molecule has 5 nitrogen and oxygen atoms in total. The van der Waals surface area contributed by atoms with E-state index in [2.05, 4.69) is 11.4 Å². The summed E-state index contributed by atoms with van der Waals surface area (Å²) in [5, 5.41) is 4.37.